The Morgan fingerprint density at radius 1 is 1.18 bits per heavy atom. The Hall–Kier alpha value is -0.950. The number of esters is 2. The third-order valence-corrected chi connectivity index (χ3v) is 3.66. The van der Waals surface area contributed by atoms with Crippen LogP contribution in [0.2, 0.25) is 0 Å². The van der Waals surface area contributed by atoms with Crippen LogP contribution in [0.25, 0.3) is 0 Å². The second-order valence-electron chi connectivity index (χ2n) is 3.83. The highest BCUT2D eigenvalue weighted by molar-refractivity contribution is 7.85. The summed E-state index contributed by atoms with van der Waals surface area (Å²) in [6.45, 7) is 4.73. The zero-order valence-electron chi connectivity index (χ0n) is 10.2. The Labute approximate surface area is 101 Å². The van der Waals surface area contributed by atoms with E-state index in [2.05, 4.69) is 4.74 Å². The van der Waals surface area contributed by atoms with E-state index in [1.54, 1.807) is 13.8 Å². The van der Waals surface area contributed by atoms with Crippen LogP contribution >= 0.6 is 0 Å². The van der Waals surface area contributed by atoms with Crippen LogP contribution in [0.4, 0.5) is 0 Å². The minimum atomic E-state index is -4.31. The van der Waals surface area contributed by atoms with Gasteiger partial charge >= 0.3 is 11.9 Å². The highest BCUT2D eigenvalue weighted by atomic mass is 32.2. The van der Waals surface area contributed by atoms with E-state index >= 15 is 0 Å². The Balaban J connectivity index is 5.06. The third-order valence-electron chi connectivity index (χ3n) is 2.74. The molecule has 17 heavy (non-hydrogen) atoms. The van der Waals surface area contributed by atoms with Crippen molar-refractivity contribution in [3.8, 4) is 0 Å². The summed E-state index contributed by atoms with van der Waals surface area (Å²) in [5, 5.41) is 0. The first-order valence-corrected chi connectivity index (χ1v) is 7.02. The Bertz CT molecular complexity index is 380. The molecule has 6 nitrogen and oxygen atoms in total. The van der Waals surface area contributed by atoms with Crippen molar-refractivity contribution in [2.24, 2.45) is 5.41 Å². The van der Waals surface area contributed by atoms with Gasteiger partial charge in [0, 0.05) is 6.42 Å². The number of hydrogen-bond donors (Lipinski definition) is 1. The summed E-state index contributed by atoms with van der Waals surface area (Å²) < 4.78 is 35.1. The Morgan fingerprint density at radius 3 is 1.94 bits per heavy atom. The van der Waals surface area contributed by atoms with Crippen molar-refractivity contribution in [3.05, 3.63) is 0 Å². The van der Waals surface area contributed by atoms with E-state index in [-0.39, 0.29) is 19.3 Å². The van der Waals surface area contributed by atoms with E-state index in [0.29, 0.717) is 0 Å². The smallest absolute Gasteiger partial charge is 0.320 e. The van der Waals surface area contributed by atoms with Gasteiger partial charge < -0.3 is 4.74 Å². The molecule has 1 N–H and O–H groups in total. The predicted octanol–water partition coefficient (Wildman–Crippen LogP) is 1.16. The van der Waals surface area contributed by atoms with Crippen molar-refractivity contribution in [2.45, 2.75) is 40.0 Å². The molecule has 0 radical (unpaired) electrons. The maximum Gasteiger partial charge on any atom is 0.320 e. The van der Waals surface area contributed by atoms with Gasteiger partial charge in [0.15, 0.2) is 0 Å². The first-order chi connectivity index (χ1) is 7.70. The van der Waals surface area contributed by atoms with Crippen molar-refractivity contribution < 1.29 is 27.3 Å². The molecule has 0 saturated heterocycles. The van der Waals surface area contributed by atoms with Crippen LogP contribution in [0.1, 0.15) is 40.0 Å². The lowest BCUT2D eigenvalue weighted by Crippen LogP contribution is -2.39. The molecular formula is C10H18O6S. The average molecular weight is 266 g/mol. The van der Waals surface area contributed by atoms with Crippen molar-refractivity contribution in [1.29, 1.82) is 0 Å². The molecule has 0 aliphatic carbocycles. The summed E-state index contributed by atoms with van der Waals surface area (Å²) in [4.78, 5) is 22.8. The third kappa shape index (κ3) is 4.82. The first kappa shape index (κ1) is 16.1. The van der Waals surface area contributed by atoms with Crippen LogP contribution in [-0.4, -0.2) is 30.7 Å². The molecule has 0 heterocycles. The van der Waals surface area contributed by atoms with E-state index in [1.165, 1.54) is 6.92 Å². The molecule has 7 heteroatoms. The van der Waals surface area contributed by atoms with Gasteiger partial charge in [0.05, 0.1) is 11.2 Å². The van der Waals surface area contributed by atoms with E-state index in [4.69, 9.17) is 4.55 Å². The van der Waals surface area contributed by atoms with Crippen molar-refractivity contribution >= 4 is 22.1 Å². The highest BCUT2D eigenvalue weighted by Gasteiger charge is 2.41. The second kappa shape index (κ2) is 6.11. The van der Waals surface area contributed by atoms with E-state index < -0.39 is 33.2 Å². The number of rotatable bonds is 6. The lowest BCUT2D eigenvalue weighted by atomic mass is 9.84. The van der Waals surface area contributed by atoms with Gasteiger partial charge in [-0.1, -0.05) is 20.8 Å². The molecular weight excluding hydrogens is 248 g/mol. The number of carbonyl (C=O) groups excluding carboxylic acids is 2. The summed E-state index contributed by atoms with van der Waals surface area (Å²) in [6, 6.07) is 0. The average Bonchev–Trinajstić information content (AvgIpc) is 2.24. The summed E-state index contributed by atoms with van der Waals surface area (Å²) >= 11 is 0. The largest absolute Gasteiger partial charge is 0.393 e. The summed E-state index contributed by atoms with van der Waals surface area (Å²) in [7, 11) is -4.31. The summed E-state index contributed by atoms with van der Waals surface area (Å²) in [5.74, 6) is -2.34. The van der Waals surface area contributed by atoms with Gasteiger partial charge in [-0.15, -0.1) is 0 Å². The topological polar surface area (TPSA) is 97.7 Å². The molecule has 0 atom stereocenters. The number of ether oxygens (including phenoxy) is 1. The number of hydrogen-bond acceptors (Lipinski definition) is 5. The minimum Gasteiger partial charge on any atom is -0.393 e. The molecule has 0 unspecified atom stereocenters. The van der Waals surface area contributed by atoms with Gasteiger partial charge in [0.25, 0.3) is 10.1 Å². The van der Waals surface area contributed by atoms with Gasteiger partial charge in [0.1, 0.15) is 0 Å². The molecule has 0 amide bonds. The fourth-order valence-electron chi connectivity index (χ4n) is 1.43. The van der Waals surface area contributed by atoms with E-state index in [9.17, 15) is 18.0 Å². The van der Waals surface area contributed by atoms with Crippen LogP contribution in [0.15, 0.2) is 0 Å². The summed E-state index contributed by atoms with van der Waals surface area (Å²) in [6.07, 6.45) is 0.360. The first-order valence-electron chi connectivity index (χ1n) is 5.41. The van der Waals surface area contributed by atoms with Crippen molar-refractivity contribution in [1.82, 2.24) is 0 Å². The predicted molar refractivity (Wildman–Crippen MR) is 60.8 cm³/mol. The molecule has 0 aromatic carbocycles. The molecule has 100 valence electrons. The maximum absolute atomic E-state index is 11.8. The fraction of sp³-hybridized carbons (Fsp3) is 0.800. The fourth-order valence-corrected chi connectivity index (χ4v) is 2.66. The quantitative estimate of drug-likeness (QED) is 0.440. The summed E-state index contributed by atoms with van der Waals surface area (Å²) in [5.41, 5.74) is -1.36. The maximum atomic E-state index is 11.8. The molecule has 0 aliphatic rings. The molecule has 0 bridgehead atoms. The van der Waals surface area contributed by atoms with Gasteiger partial charge in [-0.2, -0.15) is 8.42 Å². The Morgan fingerprint density at radius 2 is 1.65 bits per heavy atom. The molecule has 0 aliphatic heterocycles. The molecule has 0 rings (SSSR count). The van der Waals surface area contributed by atoms with Crippen LogP contribution in [0.5, 0.6) is 0 Å². The minimum absolute atomic E-state index is 0.0289. The normalized spacial score (nSPS) is 12.2. The lowest BCUT2D eigenvalue weighted by Gasteiger charge is -2.26. The van der Waals surface area contributed by atoms with Crippen molar-refractivity contribution in [3.63, 3.8) is 0 Å². The molecule has 0 saturated carbocycles. The zero-order valence-corrected chi connectivity index (χ0v) is 11.0. The molecule has 0 spiro atoms. The van der Waals surface area contributed by atoms with Crippen LogP contribution in [0, 0.1) is 5.41 Å². The highest BCUT2D eigenvalue weighted by Crippen LogP contribution is 2.30. The van der Waals surface area contributed by atoms with E-state index in [0.717, 1.165) is 0 Å². The number of carbonyl (C=O) groups is 2. The zero-order chi connectivity index (χ0) is 13.7. The Kier molecular flexibility index (Phi) is 5.77. The monoisotopic (exact) mass is 266 g/mol. The second-order valence-corrected chi connectivity index (χ2v) is 5.28. The molecule has 0 aromatic rings. The van der Waals surface area contributed by atoms with Gasteiger partial charge in [-0.3, -0.25) is 14.1 Å². The SMILES string of the molecule is CCC(=O)OC(=O)C(CC)(CC)CS(=O)(=O)O. The van der Waals surface area contributed by atoms with Crippen LogP contribution in [-0.2, 0) is 24.4 Å². The lowest BCUT2D eigenvalue weighted by molar-refractivity contribution is -0.166. The van der Waals surface area contributed by atoms with Gasteiger partial charge in [-0.25, -0.2) is 0 Å². The standard InChI is InChI=1S/C10H18O6S/c1-4-8(11)16-9(12)10(5-2,6-3)7-17(13,14)15/h4-7H2,1-3H3,(H,13,14,15). The van der Waals surface area contributed by atoms with Gasteiger partial charge in [-0.05, 0) is 12.8 Å². The van der Waals surface area contributed by atoms with Crippen LogP contribution < -0.4 is 0 Å². The van der Waals surface area contributed by atoms with Gasteiger partial charge in [0.2, 0.25) is 0 Å². The molecule has 0 aromatic heterocycles. The molecule has 0 fully saturated rings. The van der Waals surface area contributed by atoms with Crippen LogP contribution in [0.3, 0.4) is 0 Å². The van der Waals surface area contributed by atoms with E-state index in [1.807, 2.05) is 0 Å². The van der Waals surface area contributed by atoms with Crippen molar-refractivity contribution in [2.75, 3.05) is 5.75 Å².